The summed E-state index contributed by atoms with van der Waals surface area (Å²) in [5.74, 6) is 0.231. The molecule has 0 bridgehead atoms. The number of hydrogen-bond donors (Lipinski definition) is 1. The molecule has 0 fully saturated rings. The molecule has 1 N–H and O–H groups in total. The molecule has 1 aromatic carbocycles. The molecular formula is C17H13ClN2O2S2. The zero-order valence-corrected chi connectivity index (χ0v) is 15.0. The van der Waals surface area contributed by atoms with Gasteiger partial charge in [-0.3, -0.25) is 14.2 Å². The van der Waals surface area contributed by atoms with Gasteiger partial charge in [-0.25, -0.2) is 0 Å². The highest BCUT2D eigenvalue weighted by Gasteiger charge is 2.23. The fraction of sp³-hybridized carbons (Fsp3) is 0.235. The standard InChI is InChI=1S/C17H13ClN2O2S2/c18-10-3-1-9(2-4-10)8-20-16(22)14-12-6-5-11(21)7-13(12)24-15(14)19-17(20)23/h1-4H,5-8H2,(H,19,23). The number of benzene rings is 1. The van der Waals surface area contributed by atoms with Gasteiger partial charge in [0.15, 0.2) is 4.77 Å². The summed E-state index contributed by atoms with van der Waals surface area (Å²) in [7, 11) is 0. The minimum atomic E-state index is -0.0875. The lowest BCUT2D eigenvalue weighted by atomic mass is 9.96. The van der Waals surface area contributed by atoms with Crippen molar-refractivity contribution < 1.29 is 4.79 Å². The maximum Gasteiger partial charge on any atom is 0.263 e. The average molecular weight is 377 g/mol. The summed E-state index contributed by atoms with van der Waals surface area (Å²) in [6.07, 6.45) is 1.56. The lowest BCUT2D eigenvalue weighted by Crippen LogP contribution is -2.23. The van der Waals surface area contributed by atoms with Gasteiger partial charge in [-0.1, -0.05) is 23.7 Å². The van der Waals surface area contributed by atoms with Crippen LogP contribution in [-0.2, 0) is 24.2 Å². The van der Waals surface area contributed by atoms with Crippen LogP contribution in [0.1, 0.15) is 22.4 Å². The topological polar surface area (TPSA) is 54.9 Å². The highest BCUT2D eigenvalue weighted by atomic mass is 35.5. The van der Waals surface area contributed by atoms with E-state index in [2.05, 4.69) is 4.98 Å². The smallest absolute Gasteiger partial charge is 0.263 e. The van der Waals surface area contributed by atoms with Crippen LogP contribution in [0.25, 0.3) is 10.2 Å². The van der Waals surface area contributed by atoms with Crippen LogP contribution < -0.4 is 5.56 Å². The number of fused-ring (bicyclic) bond motifs is 3. The number of halogens is 1. The summed E-state index contributed by atoms with van der Waals surface area (Å²) < 4.78 is 1.97. The molecule has 2 heterocycles. The van der Waals surface area contributed by atoms with Crippen molar-refractivity contribution in [1.82, 2.24) is 9.55 Å². The lowest BCUT2D eigenvalue weighted by Gasteiger charge is -2.10. The number of Topliss-reactive ketones (excluding diaryl/α,β-unsaturated/α-hetero) is 1. The number of thiophene rings is 1. The Morgan fingerprint density at radius 3 is 2.71 bits per heavy atom. The first kappa shape index (κ1) is 15.7. The quantitative estimate of drug-likeness (QED) is 0.690. The van der Waals surface area contributed by atoms with Crippen molar-refractivity contribution in [2.45, 2.75) is 25.8 Å². The molecule has 0 saturated carbocycles. The second kappa shape index (κ2) is 5.95. The minimum Gasteiger partial charge on any atom is -0.323 e. The second-order valence-electron chi connectivity index (χ2n) is 5.87. The Morgan fingerprint density at radius 1 is 1.21 bits per heavy atom. The number of ketones is 1. The molecule has 1 aliphatic carbocycles. The Hall–Kier alpha value is -1.76. The lowest BCUT2D eigenvalue weighted by molar-refractivity contribution is -0.118. The summed E-state index contributed by atoms with van der Waals surface area (Å²) in [6, 6.07) is 7.36. The molecule has 2 aromatic heterocycles. The SMILES string of the molecule is O=C1CCc2c(sc3[nH]c(=S)n(Cc4ccc(Cl)cc4)c(=O)c23)C1. The van der Waals surface area contributed by atoms with Gasteiger partial charge in [0.25, 0.3) is 5.56 Å². The van der Waals surface area contributed by atoms with Crippen LogP contribution >= 0.6 is 35.2 Å². The first-order valence-electron chi connectivity index (χ1n) is 7.56. The normalized spacial score (nSPS) is 14.1. The van der Waals surface area contributed by atoms with E-state index in [1.54, 1.807) is 16.7 Å². The molecular weight excluding hydrogens is 364 g/mol. The number of carbonyl (C=O) groups excluding carboxylic acids is 1. The monoisotopic (exact) mass is 376 g/mol. The van der Waals surface area contributed by atoms with Gasteiger partial charge >= 0.3 is 0 Å². The van der Waals surface area contributed by atoms with Crippen molar-refractivity contribution >= 4 is 51.2 Å². The number of rotatable bonds is 2. The third-order valence-corrected chi connectivity index (χ3v) is 6.00. The van der Waals surface area contributed by atoms with Crippen LogP contribution in [0.4, 0.5) is 0 Å². The number of carbonyl (C=O) groups is 1. The first-order chi connectivity index (χ1) is 11.5. The summed E-state index contributed by atoms with van der Waals surface area (Å²) in [6.45, 7) is 0.394. The Kier molecular flexibility index (Phi) is 3.90. The molecule has 0 radical (unpaired) electrons. The summed E-state index contributed by atoms with van der Waals surface area (Å²) in [5, 5.41) is 1.34. The molecule has 0 saturated heterocycles. The van der Waals surface area contributed by atoms with E-state index in [0.717, 1.165) is 20.8 Å². The van der Waals surface area contributed by atoms with E-state index in [9.17, 15) is 9.59 Å². The molecule has 0 unspecified atom stereocenters. The van der Waals surface area contributed by atoms with Gasteiger partial charge in [0, 0.05) is 22.7 Å². The summed E-state index contributed by atoms with van der Waals surface area (Å²) in [4.78, 5) is 29.6. The molecule has 0 aliphatic heterocycles. The van der Waals surface area contributed by atoms with Gasteiger partial charge in [0.05, 0.1) is 11.9 Å². The summed E-state index contributed by atoms with van der Waals surface area (Å²) >= 11 is 12.8. The van der Waals surface area contributed by atoms with Gasteiger partial charge in [0.1, 0.15) is 10.6 Å². The van der Waals surface area contributed by atoms with Crippen molar-refractivity contribution in [3.63, 3.8) is 0 Å². The van der Waals surface area contributed by atoms with Crippen LogP contribution in [0, 0.1) is 4.77 Å². The van der Waals surface area contributed by atoms with Crippen molar-refractivity contribution in [3.8, 4) is 0 Å². The van der Waals surface area contributed by atoms with Gasteiger partial charge in [0.2, 0.25) is 0 Å². The van der Waals surface area contributed by atoms with Crippen molar-refractivity contribution in [1.29, 1.82) is 0 Å². The number of aryl methyl sites for hydroxylation is 1. The third kappa shape index (κ3) is 2.64. The van der Waals surface area contributed by atoms with Crippen LogP contribution in [0.3, 0.4) is 0 Å². The van der Waals surface area contributed by atoms with Crippen LogP contribution in [0.2, 0.25) is 5.02 Å². The van der Waals surface area contributed by atoms with E-state index in [4.69, 9.17) is 23.8 Å². The number of aromatic nitrogens is 2. The zero-order chi connectivity index (χ0) is 16.8. The Balaban J connectivity index is 1.87. The van der Waals surface area contributed by atoms with Crippen molar-refractivity contribution in [2.24, 2.45) is 0 Å². The highest BCUT2D eigenvalue weighted by Crippen LogP contribution is 2.32. The minimum absolute atomic E-state index is 0.0875. The largest absolute Gasteiger partial charge is 0.323 e. The highest BCUT2D eigenvalue weighted by molar-refractivity contribution is 7.71. The predicted octanol–water partition coefficient (Wildman–Crippen LogP) is 3.88. The molecule has 24 heavy (non-hydrogen) atoms. The first-order valence-corrected chi connectivity index (χ1v) is 9.16. The van der Waals surface area contributed by atoms with Gasteiger partial charge < -0.3 is 4.98 Å². The molecule has 7 heteroatoms. The molecule has 1 aliphatic rings. The fourth-order valence-electron chi connectivity index (χ4n) is 3.07. The predicted molar refractivity (Wildman–Crippen MR) is 98.9 cm³/mol. The maximum absolute atomic E-state index is 13.0. The molecule has 0 atom stereocenters. The van der Waals surface area contributed by atoms with Crippen molar-refractivity contribution in [3.05, 3.63) is 60.4 Å². The van der Waals surface area contributed by atoms with E-state index in [1.807, 2.05) is 12.1 Å². The van der Waals surface area contributed by atoms with E-state index >= 15 is 0 Å². The zero-order valence-electron chi connectivity index (χ0n) is 12.6. The van der Waals surface area contributed by atoms with Crippen LogP contribution in [0.15, 0.2) is 29.1 Å². The number of hydrogen-bond acceptors (Lipinski definition) is 4. The van der Waals surface area contributed by atoms with Gasteiger partial charge in [-0.2, -0.15) is 0 Å². The molecule has 0 spiro atoms. The van der Waals surface area contributed by atoms with Crippen LogP contribution in [-0.4, -0.2) is 15.3 Å². The number of H-pyrrole nitrogens is 1. The fourth-order valence-corrected chi connectivity index (χ4v) is 4.78. The number of aromatic amines is 1. The molecule has 4 nitrogen and oxygen atoms in total. The second-order valence-corrected chi connectivity index (χ2v) is 7.80. The van der Waals surface area contributed by atoms with Crippen LogP contribution in [0.5, 0.6) is 0 Å². The van der Waals surface area contributed by atoms with E-state index in [0.29, 0.717) is 41.0 Å². The average Bonchev–Trinajstić information content (AvgIpc) is 2.90. The molecule has 3 aromatic rings. The molecule has 122 valence electrons. The van der Waals surface area contributed by atoms with E-state index in [-0.39, 0.29) is 11.3 Å². The van der Waals surface area contributed by atoms with Gasteiger partial charge in [-0.05, 0) is 41.9 Å². The van der Waals surface area contributed by atoms with Gasteiger partial charge in [-0.15, -0.1) is 11.3 Å². The molecule has 0 amide bonds. The molecule has 4 rings (SSSR count). The number of nitrogens with zero attached hydrogens (tertiary/aromatic N) is 1. The van der Waals surface area contributed by atoms with Crippen molar-refractivity contribution in [2.75, 3.05) is 0 Å². The Bertz CT molecular complexity index is 1080. The van der Waals surface area contributed by atoms with E-state index in [1.165, 1.54) is 11.3 Å². The number of nitrogens with one attached hydrogen (secondary N) is 1. The Labute approximate surface area is 151 Å². The summed E-state index contributed by atoms with van der Waals surface area (Å²) in [5.41, 5.74) is 1.88. The Morgan fingerprint density at radius 2 is 1.96 bits per heavy atom. The maximum atomic E-state index is 13.0. The van der Waals surface area contributed by atoms with E-state index < -0.39 is 0 Å². The third-order valence-electron chi connectivity index (χ3n) is 4.28.